The van der Waals surface area contributed by atoms with Gasteiger partial charge in [0.25, 0.3) is 0 Å². The molecule has 0 amide bonds. The van der Waals surface area contributed by atoms with Crippen LogP contribution in [0.5, 0.6) is 0 Å². The van der Waals surface area contributed by atoms with Crippen LogP contribution in [-0.2, 0) is 6.42 Å². The fraction of sp³-hybridized carbons (Fsp3) is 0.375. The Morgan fingerprint density at radius 3 is 2.87 bits per heavy atom. The molecule has 2 heterocycles. The van der Waals surface area contributed by atoms with Crippen molar-refractivity contribution in [2.24, 2.45) is 0 Å². The molecule has 0 atom stereocenters. The first-order valence-corrected chi connectivity index (χ1v) is 7.22. The zero-order valence-corrected chi connectivity index (χ0v) is 11.1. The minimum Gasteiger partial charge on any atom is -0.236 e. The second kappa shape index (κ2) is 5.25. The summed E-state index contributed by atoms with van der Waals surface area (Å²) in [6.07, 6.45) is 3.75. The monoisotopic (exact) mass is 277 g/mol. The van der Waals surface area contributed by atoms with E-state index < -0.39 is 0 Å². The quantitative estimate of drug-likeness (QED) is 0.853. The van der Waals surface area contributed by atoms with E-state index in [1.807, 2.05) is 0 Å². The molecule has 0 radical (unpaired) electrons. The Hall–Kier alpha value is -0.170. The van der Waals surface area contributed by atoms with Gasteiger partial charge in [-0.05, 0) is 18.2 Å². The van der Waals surface area contributed by atoms with Crippen LogP contribution in [0.4, 0.5) is 0 Å². The van der Waals surface area contributed by atoms with Crippen LogP contribution in [0.3, 0.4) is 0 Å². The van der Waals surface area contributed by atoms with Gasteiger partial charge in [-0.1, -0.05) is 41.2 Å². The standard InChI is InChI=1S/C8H8ClN3S3/c1-2-3-6-11-12-8(14-6)15-7-10-4-5(9)13-7/h4H,2-3H2,1H3. The van der Waals surface area contributed by atoms with Gasteiger partial charge in [-0.3, -0.25) is 0 Å². The molecular weight excluding hydrogens is 270 g/mol. The van der Waals surface area contributed by atoms with E-state index >= 15 is 0 Å². The third kappa shape index (κ3) is 3.14. The van der Waals surface area contributed by atoms with E-state index in [0.717, 1.165) is 26.5 Å². The summed E-state index contributed by atoms with van der Waals surface area (Å²) >= 11 is 10.4. The van der Waals surface area contributed by atoms with E-state index in [4.69, 9.17) is 11.6 Å². The summed E-state index contributed by atoms with van der Waals surface area (Å²) in [5.74, 6) is 0. The lowest BCUT2D eigenvalue weighted by Crippen LogP contribution is -1.79. The van der Waals surface area contributed by atoms with Gasteiger partial charge in [-0.25, -0.2) is 4.98 Å². The largest absolute Gasteiger partial charge is 0.236 e. The van der Waals surface area contributed by atoms with Gasteiger partial charge in [0.15, 0.2) is 8.68 Å². The maximum Gasteiger partial charge on any atom is 0.181 e. The van der Waals surface area contributed by atoms with Crippen molar-refractivity contribution < 1.29 is 0 Å². The summed E-state index contributed by atoms with van der Waals surface area (Å²) in [5.41, 5.74) is 0. The average Bonchev–Trinajstić information content (AvgIpc) is 2.78. The van der Waals surface area contributed by atoms with Crippen LogP contribution in [0.2, 0.25) is 4.34 Å². The lowest BCUT2D eigenvalue weighted by molar-refractivity contribution is 0.866. The zero-order valence-electron chi connectivity index (χ0n) is 7.94. The van der Waals surface area contributed by atoms with E-state index in [1.165, 1.54) is 23.1 Å². The maximum absolute atomic E-state index is 5.79. The molecule has 0 fully saturated rings. The highest BCUT2D eigenvalue weighted by molar-refractivity contribution is 8.02. The molecule has 0 spiro atoms. The van der Waals surface area contributed by atoms with Crippen LogP contribution in [-0.4, -0.2) is 15.2 Å². The van der Waals surface area contributed by atoms with Crippen LogP contribution in [0.1, 0.15) is 18.4 Å². The highest BCUT2D eigenvalue weighted by atomic mass is 35.5. The number of nitrogens with zero attached hydrogens (tertiary/aromatic N) is 3. The maximum atomic E-state index is 5.79. The van der Waals surface area contributed by atoms with E-state index in [-0.39, 0.29) is 0 Å². The van der Waals surface area contributed by atoms with Crippen molar-refractivity contribution in [3.63, 3.8) is 0 Å². The number of hydrogen-bond donors (Lipinski definition) is 0. The van der Waals surface area contributed by atoms with Crippen LogP contribution < -0.4 is 0 Å². The second-order valence-corrected chi connectivity index (χ2v) is 6.96. The predicted molar refractivity (Wildman–Crippen MR) is 65.2 cm³/mol. The van der Waals surface area contributed by atoms with Gasteiger partial charge >= 0.3 is 0 Å². The summed E-state index contributed by atoms with van der Waals surface area (Å²) in [6, 6.07) is 0. The Kier molecular flexibility index (Phi) is 3.96. The molecule has 0 unspecified atom stereocenters. The van der Waals surface area contributed by atoms with E-state index in [1.54, 1.807) is 17.5 Å². The van der Waals surface area contributed by atoms with Gasteiger partial charge in [0.2, 0.25) is 0 Å². The first-order valence-electron chi connectivity index (χ1n) is 4.39. The number of hydrogen-bond acceptors (Lipinski definition) is 6. The van der Waals surface area contributed by atoms with Crippen molar-refractivity contribution in [1.29, 1.82) is 0 Å². The number of rotatable bonds is 4. The molecule has 0 N–H and O–H groups in total. The molecule has 0 saturated carbocycles. The summed E-state index contributed by atoms with van der Waals surface area (Å²) in [7, 11) is 0. The first-order chi connectivity index (χ1) is 7.28. The number of halogens is 1. The molecule has 7 heteroatoms. The Bertz CT molecular complexity index is 440. The molecule has 15 heavy (non-hydrogen) atoms. The lowest BCUT2D eigenvalue weighted by atomic mass is 10.4. The topological polar surface area (TPSA) is 38.7 Å². The number of aryl methyl sites for hydroxylation is 1. The normalized spacial score (nSPS) is 10.8. The summed E-state index contributed by atoms with van der Waals surface area (Å²) < 4.78 is 2.56. The van der Waals surface area contributed by atoms with Crippen LogP contribution in [0.15, 0.2) is 14.9 Å². The van der Waals surface area contributed by atoms with Crippen molar-refractivity contribution in [1.82, 2.24) is 15.2 Å². The highest BCUT2D eigenvalue weighted by Gasteiger charge is 2.08. The van der Waals surface area contributed by atoms with E-state index in [9.17, 15) is 0 Å². The number of aromatic nitrogens is 3. The smallest absolute Gasteiger partial charge is 0.181 e. The molecule has 2 aromatic heterocycles. The van der Waals surface area contributed by atoms with Gasteiger partial charge in [0.05, 0.1) is 6.20 Å². The number of thiazole rings is 1. The van der Waals surface area contributed by atoms with Crippen molar-refractivity contribution in [2.45, 2.75) is 28.4 Å². The van der Waals surface area contributed by atoms with Gasteiger partial charge in [-0.2, -0.15) is 0 Å². The molecule has 0 bridgehead atoms. The minimum absolute atomic E-state index is 0.704. The molecule has 80 valence electrons. The highest BCUT2D eigenvalue weighted by Crippen LogP contribution is 2.34. The van der Waals surface area contributed by atoms with Crippen LogP contribution >= 0.6 is 46.0 Å². The van der Waals surface area contributed by atoms with Gasteiger partial charge < -0.3 is 0 Å². The zero-order chi connectivity index (χ0) is 10.7. The summed E-state index contributed by atoms with van der Waals surface area (Å²) in [5, 5.41) is 9.28. The fourth-order valence-corrected chi connectivity index (χ4v) is 4.27. The Morgan fingerprint density at radius 2 is 2.20 bits per heavy atom. The first kappa shape index (κ1) is 11.3. The minimum atomic E-state index is 0.704. The predicted octanol–water partition coefficient (Wildman–Crippen LogP) is 3.75. The van der Waals surface area contributed by atoms with Crippen LogP contribution in [0, 0.1) is 0 Å². The van der Waals surface area contributed by atoms with E-state index in [2.05, 4.69) is 22.1 Å². The summed E-state index contributed by atoms with van der Waals surface area (Å²) in [4.78, 5) is 4.15. The molecular formula is C8H8ClN3S3. The third-order valence-electron chi connectivity index (χ3n) is 1.54. The third-order valence-corrected chi connectivity index (χ3v) is 4.77. The molecule has 0 aliphatic heterocycles. The molecule has 0 saturated heterocycles. The molecule has 0 aromatic carbocycles. The lowest BCUT2D eigenvalue weighted by Gasteiger charge is -1.87. The SMILES string of the molecule is CCCc1nnc(Sc2ncc(Cl)s2)s1. The van der Waals surface area contributed by atoms with Crippen molar-refractivity contribution >= 4 is 46.0 Å². The molecule has 0 aliphatic rings. The molecule has 2 rings (SSSR count). The second-order valence-electron chi connectivity index (χ2n) is 2.74. The van der Waals surface area contributed by atoms with E-state index in [0.29, 0.717) is 4.34 Å². The van der Waals surface area contributed by atoms with Gasteiger partial charge in [-0.15, -0.1) is 10.2 Å². The Balaban J connectivity index is 2.04. The van der Waals surface area contributed by atoms with Gasteiger partial charge in [0, 0.05) is 6.42 Å². The summed E-state index contributed by atoms with van der Waals surface area (Å²) in [6.45, 7) is 2.13. The van der Waals surface area contributed by atoms with Crippen molar-refractivity contribution in [3.05, 3.63) is 15.5 Å². The Morgan fingerprint density at radius 1 is 1.33 bits per heavy atom. The van der Waals surface area contributed by atoms with Crippen LogP contribution in [0.25, 0.3) is 0 Å². The molecule has 3 nitrogen and oxygen atoms in total. The van der Waals surface area contributed by atoms with Crippen molar-refractivity contribution in [2.75, 3.05) is 0 Å². The van der Waals surface area contributed by atoms with Crippen molar-refractivity contribution in [3.8, 4) is 0 Å². The average molecular weight is 278 g/mol. The fourth-order valence-electron chi connectivity index (χ4n) is 0.956. The molecule has 0 aliphatic carbocycles. The van der Waals surface area contributed by atoms with Gasteiger partial charge in [0.1, 0.15) is 9.34 Å². The Labute approximate surface area is 105 Å². The molecule has 2 aromatic rings.